The van der Waals surface area contributed by atoms with Gasteiger partial charge in [-0.1, -0.05) is 11.6 Å². The molecule has 0 fully saturated rings. The van der Waals surface area contributed by atoms with E-state index in [-0.39, 0.29) is 31.1 Å². The van der Waals surface area contributed by atoms with Crippen molar-refractivity contribution in [2.75, 3.05) is 23.4 Å². The summed E-state index contributed by atoms with van der Waals surface area (Å²) < 4.78 is 10.9. The third-order valence-electron chi connectivity index (χ3n) is 4.47. The first-order valence-electron chi connectivity index (χ1n) is 8.47. The summed E-state index contributed by atoms with van der Waals surface area (Å²) in [5, 5.41) is 12.3. The summed E-state index contributed by atoms with van der Waals surface area (Å²) in [5.74, 6) is -0.910. The number of carboxylic acid groups (broad SMARTS) is 1. The Labute approximate surface area is 164 Å². The van der Waals surface area contributed by atoms with Gasteiger partial charge in [0, 0.05) is 16.7 Å². The molecule has 0 saturated heterocycles. The Morgan fingerprint density at radius 3 is 2.79 bits per heavy atom. The van der Waals surface area contributed by atoms with Gasteiger partial charge in [0.1, 0.15) is 18.1 Å². The fraction of sp³-hybridized carbons (Fsp3) is 0.211. The molecule has 1 atom stereocenters. The molecular formula is C19H15ClN2O6. The second-order valence-electron chi connectivity index (χ2n) is 6.40. The van der Waals surface area contributed by atoms with E-state index in [2.05, 4.69) is 5.32 Å². The molecule has 2 aliphatic heterocycles. The molecule has 8 nitrogen and oxygen atoms in total. The number of halogens is 1. The average molecular weight is 403 g/mol. The molecule has 0 saturated carbocycles. The van der Waals surface area contributed by atoms with Gasteiger partial charge in [-0.25, -0.2) is 0 Å². The van der Waals surface area contributed by atoms with E-state index in [1.807, 2.05) is 0 Å². The molecule has 0 bridgehead atoms. The third kappa shape index (κ3) is 3.34. The van der Waals surface area contributed by atoms with Crippen LogP contribution in [0, 0.1) is 0 Å². The number of hydrogen-bond acceptors (Lipinski definition) is 5. The number of carbonyl (C=O) groups excluding carboxylic acids is 2. The van der Waals surface area contributed by atoms with Gasteiger partial charge in [0.15, 0.2) is 6.61 Å². The zero-order valence-corrected chi connectivity index (χ0v) is 15.2. The monoisotopic (exact) mass is 402 g/mol. The van der Waals surface area contributed by atoms with Crippen LogP contribution in [-0.4, -0.2) is 42.1 Å². The minimum Gasteiger partial charge on any atom is -0.489 e. The second kappa shape index (κ2) is 7.05. The van der Waals surface area contributed by atoms with Gasteiger partial charge in [0.25, 0.3) is 11.8 Å². The molecule has 144 valence electrons. The van der Waals surface area contributed by atoms with Gasteiger partial charge in [0.05, 0.1) is 23.8 Å². The molecule has 2 aromatic carbocycles. The molecule has 2 heterocycles. The van der Waals surface area contributed by atoms with E-state index < -0.39 is 17.9 Å². The SMILES string of the molecule is O=C(O)C[C@H]1COc2cc(Cl)ccc2N1C(=O)c1ccc2c(c1)NC(=O)CO2. The lowest BCUT2D eigenvalue weighted by molar-refractivity contribution is -0.137. The van der Waals surface area contributed by atoms with Crippen molar-refractivity contribution >= 4 is 40.8 Å². The Balaban J connectivity index is 1.74. The number of nitrogens with zero attached hydrogens (tertiary/aromatic N) is 1. The second-order valence-corrected chi connectivity index (χ2v) is 6.83. The molecule has 2 aliphatic rings. The van der Waals surface area contributed by atoms with Crippen LogP contribution >= 0.6 is 11.6 Å². The number of carbonyl (C=O) groups is 3. The van der Waals surface area contributed by atoms with Crippen molar-refractivity contribution in [1.82, 2.24) is 0 Å². The molecule has 2 N–H and O–H groups in total. The maximum Gasteiger partial charge on any atom is 0.305 e. The standard InChI is InChI=1S/C19H15ClN2O6/c20-11-2-3-14-16(6-11)27-8-12(7-18(24)25)22(14)19(26)10-1-4-15-13(5-10)21-17(23)9-28-15/h1-6,12H,7-9H2,(H,21,23)(H,24,25)/t12-/m0/s1. The number of carboxylic acids is 1. The lowest BCUT2D eigenvalue weighted by Gasteiger charge is -2.36. The van der Waals surface area contributed by atoms with Crippen LogP contribution in [0.4, 0.5) is 11.4 Å². The Kier molecular flexibility index (Phi) is 4.56. The first kappa shape index (κ1) is 18.1. The summed E-state index contributed by atoms with van der Waals surface area (Å²) in [7, 11) is 0. The van der Waals surface area contributed by atoms with Gasteiger partial charge in [-0.15, -0.1) is 0 Å². The largest absolute Gasteiger partial charge is 0.489 e. The van der Waals surface area contributed by atoms with Crippen LogP contribution in [0.25, 0.3) is 0 Å². The van der Waals surface area contributed by atoms with Crippen LogP contribution in [0.1, 0.15) is 16.8 Å². The molecule has 4 rings (SSSR count). The summed E-state index contributed by atoms with van der Waals surface area (Å²) in [5.41, 5.74) is 1.11. The van der Waals surface area contributed by atoms with Gasteiger partial charge in [-0.2, -0.15) is 0 Å². The predicted molar refractivity (Wildman–Crippen MR) is 100 cm³/mol. The quantitative estimate of drug-likeness (QED) is 0.817. The average Bonchev–Trinajstić information content (AvgIpc) is 2.66. The van der Waals surface area contributed by atoms with Gasteiger partial charge < -0.3 is 19.9 Å². The Morgan fingerprint density at radius 2 is 2.00 bits per heavy atom. The molecule has 28 heavy (non-hydrogen) atoms. The summed E-state index contributed by atoms with van der Waals surface area (Å²) in [6.07, 6.45) is -0.279. The maximum absolute atomic E-state index is 13.3. The molecule has 2 aromatic rings. The lowest BCUT2D eigenvalue weighted by Crippen LogP contribution is -2.48. The Morgan fingerprint density at radius 1 is 1.18 bits per heavy atom. The molecule has 0 radical (unpaired) electrons. The topological polar surface area (TPSA) is 105 Å². The molecule has 2 amide bonds. The highest BCUT2D eigenvalue weighted by Gasteiger charge is 2.35. The zero-order chi connectivity index (χ0) is 19.8. The fourth-order valence-electron chi connectivity index (χ4n) is 3.24. The van der Waals surface area contributed by atoms with E-state index in [0.29, 0.717) is 27.9 Å². The van der Waals surface area contributed by atoms with E-state index in [4.69, 9.17) is 21.1 Å². The van der Waals surface area contributed by atoms with Crippen molar-refractivity contribution < 1.29 is 29.0 Å². The van der Waals surface area contributed by atoms with E-state index in [1.54, 1.807) is 30.3 Å². The van der Waals surface area contributed by atoms with Crippen LogP contribution in [-0.2, 0) is 9.59 Å². The van der Waals surface area contributed by atoms with Crippen molar-refractivity contribution in [3.8, 4) is 11.5 Å². The highest BCUT2D eigenvalue weighted by atomic mass is 35.5. The van der Waals surface area contributed by atoms with Gasteiger partial charge in [0.2, 0.25) is 0 Å². The number of nitrogens with one attached hydrogen (secondary N) is 1. The summed E-state index contributed by atoms with van der Waals surface area (Å²) in [6.45, 7) is -0.0608. The number of hydrogen-bond donors (Lipinski definition) is 2. The Hall–Kier alpha value is -3.26. The maximum atomic E-state index is 13.3. The van der Waals surface area contributed by atoms with Crippen molar-refractivity contribution in [3.05, 3.63) is 47.0 Å². The van der Waals surface area contributed by atoms with Gasteiger partial charge in [-0.05, 0) is 30.3 Å². The molecule has 0 unspecified atom stereocenters. The fourth-order valence-corrected chi connectivity index (χ4v) is 3.40. The van der Waals surface area contributed by atoms with E-state index in [1.165, 1.54) is 11.0 Å². The number of aliphatic carboxylic acids is 1. The number of rotatable bonds is 3. The van der Waals surface area contributed by atoms with Crippen molar-refractivity contribution in [3.63, 3.8) is 0 Å². The van der Waals surface area contributed by atoms with Crippen molar-refractivity contribution in [2.45, 2.75) is 12.5 Å². The van der Waals surface area contributed by atoms with Crippen LogP contribution in [0.2, 0.25) is 5.02 Å². The summed E-state index contributed by atoms with van der Waals surface area (Å²) in [4.78, 5) is 37.5. The normalized spacial score (nSPS) is 17.5. The number of ether oxygens (including phenoxy) is 2. The molecule has 9 heteroatoms. The lowest BCUT2D eigenvalue weighted by atomic mass is 10.1. The van der Waals surface area contributed by atoms with E-state index in [9.17, 15) is 19.5 Å². The molecular weight excluding hydrogens is 388 g/mol. The van der Waals surface area contributed by atoms with Gasteiger partial charge in [-0.3, -0.25) is 19.3 Å². The van der Waals surface area contributed by atoms with Crippen molar-refractivity contribution in [1.29, 1.82) is 0 Å². The highest BCUT2D eigenvalue weighted by Crippen LogP contribution is 2.38. The van der Waals surface area contributed by atoms with Gasteiger partial charge >= 0.3 is 5.97 Å². The molecule has 0 spiro atoms. The Bertz CT molecular complexity index is 992. The first-order chi connectivity index (χ1) is 13.4. The molecule has 0 aromatic heterocycles. The van der Waals surface area contributed by atoms with Crippen LogP contribution in [0.5, 0.6) is 11.5 Å². The summed E-state index contributed by atoms with van der Waals surface area (Å²) in [6, 6.07) is 8.78. The van der Waals surface area contributed by atoms with E-state index >= 15 is 0 Å². The summed E-state index contributed by atoms with van der Waals surface area (Å²) >= 11 is 6.00. The third-order valence-corrected chi connectivity index (χ3v) is 4.70. The first-order valence-corrected chi connectivity index (χ1v) is 8.84. The number of fused-ring (bicyclic) bond motifs is 2. The number of amides is 2. The number of benzene rings is 2. The molecule has 0 aliphatic carbocycles. The van der Waals surface area contributed by atoms with Crippen molar-refractivity contribution in [2.24, 2.45) is 0 Å². The van der Waals surface area contributed by atoms with Crippen LogP contribution in [0.3, 0.4) is 0 Å². The predicted octanol–water partition coefficient (Wildman–Crippen LogP) is 2.55. The van der Waals surface area contributed by atoms with E-state index in [0.717, 1.165) is 0 Å². The smallest absolute Gasteiger partial charge is 0.305 e. The van der Waals surface area contributed by atoms with Crippen LogP contribution < -0.4 is 19.7 Å². The number of anilines is 2. The van der Waals surface area contributed by atoms with Crippen LogP contribution in [0.15, 0.2) is 36.4 Å². The minimum atomic E-state index is -1.05. The highest BCUT2D eigenvalue weighted by molar-refractivity contribution is 6.31. The zero-order valence-electron chi connectivity index (χ0n) is 14.5. The minimum absolute atomic E-state index is 0.0240.